The lowest BCUT2D eigenvalue weighted by Gasteiger charge is -2.03. The molecule has 0 aliphatic rings. The molecule has 0 amide bonds. The van der Waals surface area contributed by atoms with E-state index in [1.165, 1.54) is 6.92 Å². The first-order valence-corrected chi connectivity index (χ1v) is 7.86. The van der Waals surface area contributed by atoms with Crippen LogP contribution < -0.4 is 5.32 Å². The normalized spacial score (nSPS) is 13.1. The molecular weight excluding hydrogens is 282 g/mol. The first-order chi connectivity index (χ1) is 9.36. The zero-order valence-corrected chi connectivity index (χ0v) is 11.9. The third kappa shape index (κ3) is 3.47. The third-order valence-corrected chi connectivity index (χ3v) is 4.30. The lowest BCUT2D eigenvalue weighted by molar-refractivity contribution is 0.377. The van der Waals surface area contributed by atoms with Gasteiger partial charge in [-0.15, -0.1) is 0 Å². The van der Waals surface area contributed by atoms with Crippen molar-refractivity contribution in [3.05, 3.63) is 36.0 Å². The molecular formula is C12H15N3O4S. The van der Waals surface area contributed by atoms with E-state index in [4.69, 9.17) is 9.63 Å². The number of phenolic OH excluding ortho intramolecular Hbond substituents is 1. The Hall–Kier alpha value is -2.09. The number of hydrogen-bond acceptors (Lipinski definition) is 7. The SMILES string of the molecule is CC(c1noc(CNc2ccc(O)cc2)n1)S(C)(=O)=O. The molecule has 2 N–H and O–H groups in total. The van der Waals surface area contributed by atoms with Gasteiger partial charge in [0.05, 0.1) is 6.54 Å². The minimum Gasteiger partial charge on any atom is -0.508 e. The number of aromatic nitrogens is 2. The first kappa shape index (κ1) is 14.3. The summed E-state index contributed by atoms with van der Waals surface area (Å²) in [4.78, 5) is 4.04. The minimum atomic E-state index is -3.25. The summed E-state index contributed by atoms with van der Waals surface area (Å²) >= 11 is 0. The first-order valence-electron chi connectivity index (χ1n) is 5.90. The maximum absolute atomic E-state index is 11.4. The van der Waals surface area contributed by atoms with Crippen molar-refractivity contribution in [3.8, 4) is 5.75 Å². The van der Waals surface area contributed by atoms with E-state index in [0.717, 1.165) is 11.9 Å². The molecule has 8 heteroatoms. The van der Waals surface area contributed by atoms with Gasteiger partial charge in [-0.2, -0.15) is 4.98 Å². The number of rotatable bonds is 5. The largest absolute Gasteiger partial charge is 0.508 e. The summed E-state index contributed by atoms with van der Waals surface area (Å²) in [5, 5.41) is 15.0. The summed E-state index contributed by atoms with van der Waals surface area (Å²) in [6, 6.07) is 6.50. The molecule has 2 rings (SSSR count). The van der Waals surface area contributed by atoms with Crippen LogP contribution in [0.25, 0.3) is 0 Å². The van der Waals surface area contributed by atoms with Crippen molar-refractivity contribution in [3.63, 3.8) is 0 Å². The van der Waals surface area contributed by atoms with E-state index in [9.17, 15) is 8.42 Å². The number of hydrogen-bond donors (Lipinski definition) is 2. The van der Waals surface area contributed by atoms with E-state index < -0.39 is 15.1 Å². The fourth-order valence-electron chi connectivity index (χ4n) is 1.45. The van der Waals surface area contributed by atoms with Gasteiger partial charge in [0.1, 0.15) is 11.0 Å². The highest BCUT2D eigenvalue weighted by molar-refractivity contribution is 7.90. The smallest absolute Gasteiger partial charge is 0.245 e. The molecule has 0 aliphatic heterocycles. The number of nitrogens with zero attached hydrogens (tertiary/aromatic N) is 2. The molecule has 0 fully saturated rings. The molecule has 0 radical (unpaired) electrons. The van der Waals surface area contributed by atoms with Crippen molar-refractivity contribution in [1.82, 2.24) is 10.1 Å². The molecule has 7 nitrogen and oxygen atoms in total. The number of aromatic hydroxyl groups is 1. The van der Waals surface area contributed by atoms with Crippen LogP contribution in [0.1, 0.15) is 23.9 Å². The quantitative estimate of drug-likeness (QED) is 0.805. The topological polar surface area (TPSA) is 105 Å². The van der Waals surface area contributed by atoms with Crippen molar-refractivity contribution >= 4 is 15.5 Å². The molecule has 2 aromatic rings. The van der Waals surface area contributed by atoms with Gasteiger partial charge in [-0.3, -0.25) is 0 Å². The third-order valence-electron chi connectivity index (χ3n) is 2.80. The highest BCUT2D eigenvalue weighted by atomic mass is 32.2. The second-order valence-corrected chi connectivity index (χ2v) is 6.78. The zero-order valence-electron chi connectivity index (χ0n) is 11.1. The molecule has 0 bridgehead atoms. The van der Waals surface area contributed by atoms with Crippen LogP contribution in [0.4, 0.5) is 5.69 Å². The number of benzene rings is 1. The lowest BCUT2D eigenvalue weighted by atomic mass is 10.3. The molecule has 1 atom stereocenters. The standard InChI is InChI=1S/C12H15N3O4S/c1-8(20(2,17)18)12-14-11(19-15-12)7-13-9-3-5-10(16)6-4-9/h3-6,8,13,16H,7H2,1-2H3. The maximum atomic E-state index is 11.4. The Bertz CT molecular complexity index is 679. The molecule has 20 heavy (non-hydrogen) atoms. The van der Waals surface area contributed by atoms with Crippen LogP contribution >= 0.6 is 0 Å². The van der Waals surface area contributed by atoms with Gasteiger partial charge in [0.2, 0.25) is 5.89 Å². The Balaban J connectivity index is 2.01. The van der Waals surface area contributed by atoms with E-state index in [1.807, 2.05) is 0 Å². The Kier molecular flexibility index (Phi) is 3.93. The van der Waals surface area contributed by atoms with Crippen LogP contribution in [-0.4, -0.2) is 29.9 Å². The number of nitrogens with one attached hydrogen (secondary N) is 1. The minimum absolute atomic E-state index is 0.148. The van der Waals surface area contributed by atoms with E-state index in [0.29, 0.717) is 5.89 Å². The summed E-state index contributed by atoms with van der Waals surface area (Å²) < 4.78 is 27.8. The number of sulfone groups is 1. The predicted octanol–water partition coefficient (Wildman–Crippen LogP) is 1.49. The molecule has 0 saturated heterocycles. The van der Waals surface area contributed by atoms with Crippen LogP contribution in [0.2, 0.25) is 0 Å². The summed E-state index contributed by atoms with van der Waals surface area (Å²) in [6.45, 7) is 1.78. The average Bonchev–Trinajstić information content (AvgIpc) is 2.85. The van der Waals surface area contributed by atoms with Crippen LogP contribution in [0, 0.1) is 0 Å². The van der Waals surface area contributed by atoms with Crippen LogP contribution in [0.5, 0.6) is 5.75 Å². The van der Waals surface area contributed by atoms with Crippen molar-refractivity contribution in [1.29, 1.82) is 0 Å². The van der Waals surface area contributed by atoms with Crippen molar-refractivity contribution in [2.75, 3.05) is 11.6 Å². The second kappa shape index (κ2) is 5.49. The van der Waals surface area contributed by atoms with Gasteiger partial charge < -0.3 is 14.9 Å². The fourth-order valence-corrected chi connectivity index (χ4v) is 1.93. The second-order valence-electron chi connectivity index (χ2n) is 4.42. The molecule has 0 aliphatic carbocycles. The summed E-state index contributed by atoms with van der Waals surface area (Å²) in [5.74, 6) is 0.621. The predicted molar refractivity (Wildman–Crippen MR) is 73.0 cm³/mol. The fraction of sp³-hybridized carbons (Fsp3) is 0.333. The summed E-state index contributed by atoms with van der Waals surface area (Å²) in [6.07, 6.45) is 1.13. The van der Waals surface area contributed by atoms with Crippen LogP contribution in [-0.2, 0) is 16.4 Å². The van der Waals surface area contributed by atoms with Gasteiger partial charge in [-0.05, 0) is 31.2 Å². The van der Waals surface area contributed by atoms with E-state index in [2.05, 4.69) is 15.5 Å². The maximum Gasteiger partial charge on any atom is 0.245 e. The Morgan fingerprint density at radius 1 is 1.35 bits per heavy atom. The van der Waals surface area contributed by atoms with Gasteiger partial charge in [0.15, 0.2) is 15.7 Å². The van der Waals surface area contributed by atoms with Crippen molar-refractivity contribution in [2.45, 2.75) is 18.7 Å². The zero-order chi connectivity index (χ0) is 14.8. The Morgan fingerprint density at radius 2 is 2.00 bits per heavy atom. The van der Waals surface area contributed by atoms with Gasteiger partial charge in [0.25, 0.3) is 0 Å². The van der Waals surface area contributed by atoms with E-state index in [-0.39, 0.29) is 18.1 Å². The summed E-state index contributed by atoms with van der Waals surface area (Å²) in [7, 11) is -3.25. The van der Waals surface area contributed by atoms with Crippen molar-refractivity contribution in [2.24, 2.45) is 0 Å². The van der Waals surface area contributed by atoms with Gasteiger partial charge >= 0.3 is 0 Å². The monoisotopic (exact) mass is 297 g/mol. The van der Waals surface area contributed by atoms with Crippen LogP contribution in [0.15, 0.2) is 28.8 Å². The summed E-state index contributed by atoms with van der Waals surface area (Å²) in [5.41, 5.74) is 0.777. The Morgan fingerprint density at radius 3 is 2.60 bits per heavy atom. The molecule has 0 saturated carbocycles. The highest BCUT2D eigenvalue weighted by Crippen LogP contribution is 2.18. The van der Waals surface area contributed by atoms with Gasteiger partial charge in [-0.25, -0.2) is 8.42 Å². The van der Waals surface area contributed by atoms with Crippen LogP contribution in [0.3, 0.4) is 0 Å². The molecule has 1 unspecified atom stereocenters. The number of phenols is 1. The Labute approximate surface area is 116 Å². The van der Waals surface area contributed by atoms with Gasteiger partial charge in [-0.1, -0.05) is 5.16 Å². The van der Waals surface area contributed by atoms with E-state index in [1.54, 1.807) is 24.3 Å². The highest BCUT2D eigenvalue weighted by Gasteiger charge is 2.22. The lowest BCUT2D eigenvalue weighted by Crippen LogP contribution is -2.09. The van der Waals surface area contributed by atoms with E-state index >= 15 is 0 Å². The molecule has 1 aromatic carbocycles. The molecule has 0 spiro atoms. The van der Waals surface area contributed by atoms with Crippen molar-refractivity contribution < 1.29 is 18.0 Å². The van der Waals surface area contributed by atoms with Gasteiger partial charge in [0, 0.05) is 11.9 Å². The molecule has 1 heterocycles. The number of anilines is 1. The molecule has 1 aromatic heterocycles. The molecule has 108 valence electrons. The average molecular weight is 297 g/mol.